The van der Waals surface area contributed by atoms with Crippen LogP contribution in [0.15, 0.2) is 6.20 Å². The molecule has 0 bridgehead atoms. The highest BCUT2D eigenvalue weighted by molar-refractivity contribution is 6.28. The Kier molecular flexibility index (Phi) is 4.91. The number of primary amides is 1. The molecule has 1 amide bonds. The third-order valence-corrected chi connectivity index (χ3v) is 2.04. The van der Waals surface area contributed by atoms with Crippen molar-refractivity contribution >= 4 is 23.3 Å². The first-order chi connectivity index (χ1) is 7.59. The van der Waals surface area contributed by atoms with E-state index in [0.717, 1.165) is 6.20 Å². The fourth-order valence-corrected chi connectivity index (χ4v) is 1.23. The SMILES string of the molecule is NC(=O)CCCCNc1nc(Cl)ncc1F. The molecule has 1 aromatic heterocycles. The summed E-state index contributed by atoms with van der Waals surface area (Å²) in [5.74, 6) is -0.824. The predicted molar refractivity (Wildman–Crippen MR) is 58.5 cm³/mol. The van der Waals surface area contributed by atoms with E-state index >= 15 is 0 Å². The highest BCUT2D eigenvalue weighted by Gasteiger charge is 2.04. The van der Waals surface area contributed by atoms with Gasteiger partial charge in [0.2, 0.25) is 11.2 Å². The molecule has 0 aliphatic carbocycles. The summed E-state index contributed by atoms with van der Waals surface area (Å²) in [6, 6.07) is 0. The Balaban J connectivity index is 2.31. The minimum atomic E-state index is -0.556. The molecular weight excluding hydrogens is 235 g/mol. The molecule has 1 heterocycles. The first-order valence-corrected chi connectivity index (χ1v) is 5.17. The molecular formula is C9H12ClFN4O. The van der Waals surface area contributed by atoms with Crippen LogP contribution in [0.5, 0.6) is 0 Å². The van der Waals surface area contributed by atoms with Crippen LogP contribution in [0.3, 0.4) is 0 Å². The van der Waals surface area contributed by atoms with E-state index in [1.807, 2.05) is 0 Å². The number of halogens is 2. The van der Waals surface area contributed by atoms with Gasteiger partial charge in [-0.2, -0.15) is 4.98 Å². The van der Waals surface area contributed by atoms with Crippen molar-refractivity contribution in [3.05, 3.63) is 17.3 Å². The molecule has 0 fully saturated rings. The van der Waals surface area contributed by atoms with Gasteiger partial charge in [-0.05, 0) is 24.4 Å². The lowest BCUT2D eigenvalue weighted by Crippen LogP contribution is -2.11. The van der Waals surface area contributed by atoms with Gasteiger partial charge in [0.25, 0.3) is 0 Å². The zero-order chi connectivity index (χ0) is 12.0. The number of anilines is 1. The molecule has 5 nitrogen and oxygen atoms in total. The quantitative estimate of drug-likeness (QED) is 0.586. The molecule has 3 N–H and O–H groups in total. The second-order valence-corrected chi connectivity index (χ2v) is 3.52. The molecule has 0 aliphatic heterocycles. The highest BCUT2D eigenvalue weighted by atomic mass is 35.5. The van der Waals surface area contributed by atoms with Crippen LogP contribution in [0.25, 0.3) is 0 Å². The molecule has 0 radical (unpaired) electrons. The minimum absolute atomic E-state index is 0.0129. The van der Waals surface area contributed by atoms with Crippen LogP contribution in [0.1, 0.15) is 19.3 Å². The van der Waals surface area contributed by atoms with Crippen molar-refractivity contribution in [2.75, 3.05) is 11.9 Å². The Labute approximate surface area is 97.2 Å². The second kappa shape index (κ2) is 6.22. The van der Waals surface area contributed by atoms with Gasteiger partial charge < -0.3 is 11.1 Å². The molecule has 0 spiro atoms. The largest absolute Gasteiger partial charge is 0.370 e. The van der Waals surface area contributed by atoms with Crippen LogP contribution in [0.4, 0.5) is 10.2 Å². The monoisotopic (exact) mass is 246 g/mol. The first-order valence-electron chi connectivity index (χ1n) is 4.80. The molecule has 1 rings (SSSR count). The fourth-order valence-electron chi connectivity index (χ4n) is 1.10. The summed E-state index contributed by atoms with van der Waals surface area (Å²) in [4.78, 5) is 17.6. The van der Waals surface area contributed by atoms with Crippen molar-refractivity contribution in [2.45, 2.75) is 19.3 Å². The first kappa shape index (κ1) is 12.6. The number of nitrogens with one attached hydrogen (secondary N) is 1. The van der Waals surface area contributed by atoms with Gasteiger partial charge in [0.1, 0.15) is 0 Å². The van der Waals surface area contributed by atoms with E-state index in [9.17, 15) is 9.18 Å². The summed E-state index contributed by atoms with van der Waals surface area (Å²) in [5.41, 5.74) is 4.97. The number of carbonyl (C=O) groups is 1. The van der Waals surface area contributed by atoms with Gasteiger partial charge >= 0.3 is 0 Å². The van der Waals surface area contributed by atoms with Crippen molar-refractivity contribution < 1.29 is 9.18 Å². The molecule has 88 valence electrons. The third-order valence-electron chi connectivity index (χ3n) is 1.86. The van der Waals surface area contributed by atoms with E-state index in [0.29, 0.717) is 25.8 Å². The van der Waals surface area contributed by atoms with E-state index in [2.05, 4.69) is 15.3 Å². The topological polar surface area (TPSA) is 80.9 Å². The van der Waals surface area contributed by atoms with Crippen molar-refractivity contribution in [1.29, 1.82) is 0 Å². The molecule has 1 aromatic rings. The summed E-state index contributed by atoms with van der Waals surface area (Å²) in [6.07, 6.45) is 2.68. The van der Waals surface area contributed by atoms with Gasteiger partial charge in [-0.1, -0.05) is 0 Å². The number of nitrogens with zero attached hydrogens (tertiary/aromatic N) is 2. The Morgan fingerprint density at radius 1 is 1.56 bits per heavy atom. The van der Waals surface area contributed by atoms with Crippen molar-refractivity contribution in [2.24, 2.45) is 5.73 Å². The van der Waals surface area contributed by atoms with Crippen molar-refractivity contribution in [3.8, 4) is 0 Å². The third kappa shape index (κ3) is 4.39. The number of hydrogen-bond acceptors (Lipinski definition) is 4. The van der Waals surface area contributed by atoms with Crippen LogP contribution in [-0.2, 0) is 4.79 Å². The lowest BCUT2D eigenvalue weighted by atomic mass is 10.2. The molecule has 0 saturated heterocycles. The standard InChI is InChI=1S/C9H12ClFN4O/c10-9-14-5-6(11)8(15-9)13-4-2-1-3-7(12)16/h5H,1-4H2,(H2,12,16)(H,13,14,15). The molecule has 0 atom stereocenters. The maximum atomic E-state index is 13.1. The van der Waals surface area contributed by atoms with Gasteiger partial charge in [0.05, 0.1) is 6.20 Å². The fraction of sp³-hybridized carbons (Fsp3) is 0.444. The van der Waals surface area contributed by atoms with E-state index in [1.165, 1.54) is 0 Å². The number of nitrogens with two attached hydrogens (primary N) is 1. The molecule has 0 unspecified atom stereocenters. The van der Waals surface area contributed by atoms with Gasteiger partial charge in [0, 0.05) is 13.0 Å². The molecule has 0 saturated carbocycles. The van der Waals surface area contributed by atoms with E-state index in [1.54, 1.807) is 0 Å². The molecule has 16 heavy (non-hydrogen) atoms. The Bertz CT molecular complexity index is 375. The number of rotatable bonds is 6. The molecule has 0 aliphatic rings. The number of aromatic nitrogens is 2. The lowest BCUT2D eigenvalue weighted by molar-refractivity contribution is -0.118. The van der Waals surface area contributed by atoms with Crippen LogP contribution < -0.4 is 11.1 Å². The summed E-state index contributed by atoms with van der Waals surface area (Å²) < 4.78 is 13.1. The van der Waals surface area contributed by atoms with Crippen LogP contribution in [-0.4, -0.2) is 22.4 Å². The zero-order valence-corrected chi connectivity index (χ0v) is 9.30. The predicted octanol–water partition coefficient (Wildman–Crippen LogP) is 1.34. The van der Waals surface area contributed by atoms with Gasteiger partial charge in [-0.3, -0.25) is 4.79 Å². The number of unbranched alkanes of at least 4 members (excludes halogenated alkanes) is 1. The zero-order valence-electron chi connectivity index (χ0n) is 8.54. The van der Waals surface area contributed by atoms with Crippen LogP contribution in [0.2, 0.25) is 5.28 Å². The molecule has 0 aromatic carbocycles. The van der Waals surface area contributed by atoms with E-state index in [-0.39, 0.29) is 17.0 Å². The highest BCUT2D eigenvalue weighted by Crippen LogP contribution is 2.11. The number of hydrogen-bond donors (Lipinski definition) is 2. The van der Waals surface area contributed by atoms with Crippen molar-refractivity contribution in [1.82, 2.24) is 9.97 Å². The lowest BCUT2D eigenvalue weighted by Gasteiger charge is -2.05. The van der Waals surface area contributed by atoms with Gasteiger partial charge in [-0.25, -0.2) is 9.37 Å². The van der Waals surface area contributed by atoms with Crippen molar-refractivity contribution in [3.63, 3.8) is 0 Å². The minimum Gasteiger partial charge on any atom is -0.370 e. The normalized spacial score (nSPS) is 10.1. The van der Waals surface area contributed by atoms with Crippen LogP contribution >= 0.6 is 11.6 Å². The Morgan fingerprint density at radius 3 is 3.00 bits per heavy atom. The summed E-state index contributed by atoms with van der Waals surface area (Å²) in [6.45, 7) is 0.498. The molecule has 7 heteroatoms. The van der Waals surface area contributed by atoms with Gasteiger partial charge in [-0.15, -0.1) is 0 Å². The maximum absolute atomic E-state index is 13.1. The Hall–Kier alpha value is -1.43. The van der Waals surface area contributed by atoms with Crippen LogP contribution in [0, 0.1) is 5.82 Å². The maximum Gasteiger partial charge on any atom is 0.224 e. The smallest absolute Gasteiger partial charge is 0.224 e. The summed E-state index contributed by atoms with van der Waals surface area (Å²) in [7, 11) is 0. The average Bonchev–Trinajstić information content (AvgIpc) is 2.22. The Morgan fingerprint density at radius 2 is 2.31 bits per heavy atom. The number of amides is 1. The number of carbonyl (C=O) groups excluding carboxylic acids is 1. The summed E-state index contributed by atoms with van der Waals surface area (Å²) >= 11 is 5.51. The van der Waals surface area contributed by atoms with Gasteiger partial charge in [0.15, 0.2) is 11.6 Å². The van der Waals surface area contributed by atoms with E-state index in [4.69, 9.17) is 17.3 Å². The average molecular weight is 247 g/mol. The van der Waals surface area contributed by atoms with E-state index < -0.39 is 5.82 Å². The second-order valence-electron chi connectivity index (χ2n) is 3.19. The summed E-state index contributed by atoms with van der Waals surface area (Å²) in [5, 5.41) is 2.75.